The van der Waals surface area contributed by atoms with Crippen molar-refractivity contribution >= 4 is 10.0 Å². The number of nitrogens with one attached hydrogen (secondary N) is 1. The highest BCUT2D eigenvalue weighted by atomic mass is 32.2. The maximum absolute atomic E-state index is 11.9. The molecule has 1 aliphatic carbocycles. The molecule has 1 saturated carbocycles. The largest absolute Gasteiger partial charge is 0.336 e. The van der Waals surface area contributed by atoms with Crippen LogP contribution in [0, 0.1) is 5.92 Å². The molecule has 16 heavy (non-hydrogen) atoms. The summed E-state index contributed by atoms with van der Waals surface area (Å²) in [5.41, 5.74) is 0. The van der Waals surface area contributed by atoms with Gasteiger partial charge in [-0.25, -0.2) is 18.1 Å². The monoisotopic (exact) mass is 243 g/mol. The molecule has 1 heterocycles. The van der Waals surface area contributed by atoms with Crippen molar-refractivity contribution in [3.05, 3.63) is 12.5 Å². The highest BCUT2D eigenvalue weighted by Crippen LogP contribution is 2.32. The number of imidazole rings is 1. The molecule has 1 aromatic heterocycles. The standard InChI is InChI=1S/C10H17N3O2S/c1-3-13-6-10(11-7-13)16(14,15)12-8(2)9-4-5-9/h6-9,12H,3-5H2,1-2H3. The summed E-state index contributed by atoms with van der Waals surface area (Å²) in [7, 11) is -3.44. The Morgan fingerprint density at radius 3 is 2.81 bits per heavy atom. The van der Waals surface area contributed by atoms with Gasteiger partial charge in [0.2, 0.25) is 0 Å². The molecular weight excluding hydrogens is 226 g/mol. The highest BCUT2D eigenvalue weighted by molar-refractivity contribution is 7.89. The zero-order valence-corrected chi connectivity index (χ0v) is 10.4. The average molecular weight is 243 g/mol. The Kier molecular flexibility index (Phi) is 3.03. The van der Waals surface area contributed by atoms with E-state index in [1.165, 1.54) is 6.33 Å². The fraction of sp³-hybridized carbons (Fsp3) is 0.700. The van der Waals surface area contributed by atoms with Gasteiger partial charge in [0.25, 0.3) is 10.0 Å². The molecule has 1 fully saturated rings. The molecular formula is C10H17N3O2S. The van der Waals surface area contributed by atoms with E-state index in [1.807, 2.05) is 13.8 Å². The third-order valence-electron chi connectivity index (χ3n) is 2.92. The molecule has 2 rings (SSSR count). The van der Waals surface area contributed by atoms with E-state index in [9.17, 15) is 8.42 Å². The summed E-state index contributed by atoms with van der Waals surface area (Å²) < 4.78 is 28.2. The minimum atomic E-state index is -3.44. The second-order valence-corrected chi connectivity index (χ2v) is 5.95. The molecule has 0 spiro atoms. The minimum absolute atomic E-state index is 0.0109. The number of hydrogen-bond acceptors (Lipinski definition) is 3. The second kappa shape index (κ2) is 4.18. The smallest absolute Gasteiger partial charge is 0.259 e. The minimum Gasteiger partial charge on any atom is -0.336 e. The lowest BCUT2D eigenvalue weighted by atomic mass is 10.2. The van der Waals surface area contributed by atoms with Crippen molar-refractivity contribution in [3.63, 3.8) is 0 Å². The molecule has 6 heteroatoms. The van der Waals surface area contributed by atoms with E-state index >= 15 is 0 Å². The summed E-state index contributed by atoms with van der Waals surface area (Å²) in [6.45, 7) is 4.57. The SMILES string of the molecule is CCn1cnc(S(=O)(=O)NC(C)C2CC2)c1. The lowest BCUT2D eigenvalue weighted by molar-refractivity contribution is 0.535. The Morgan fingerprint density at radius 1 is 1.62 bits per heavy atom. The van der Waals surface area contributed by atoms with Gasteiger partial charge in [-0.1, -0.05) is 0 Å². The highest BCUT2D eigenvalue weighted by Gasteiger charge is 2.31. The number of rotatable bonds is 5. The Morgan fingerprint density at radius 2 is 2.31 bits per heavy atom. The Hall–Kier alpha value is -0.880. The molecule has 0 saturated heterocycles. The number of nitrogens with zero attached hydrogens (tertiary/aromatic N) is 2. The van der Waals surface area contributed by atoms with Crippen molar-refractivity contribution in [3.8, 4) is 0 Å². The second-order valence-electron chi connectivity index (χ2n) is 4.29. The van der Waals surface area contributed by atoms with Gasteiger partial charge in [-0.3, -0.25) is 0 Å². The number of sulfonamides is 1. The van der Waals surface area contributed by atoms with Crippen molar-refractivity contribution < 1.29 is 8.42 Å². The van der Waals surface area contributed by atoms with Gasteiger partial charge in [0, 0.05) is 18.8 Å². The molecule has 0 aliphatic heterocycles. The Labute approximate surface area is 95.9 Å². The first-order chi connectivity index (χ1) is 7.53. The molecule has 5 nitrogen and oxygen atoms in total. The molecule has 90 valence electrons. The van der Waals surface area contributed by atoms with Crippen LogP contribution < -0.4 is 4.72 Å². The van der Waals surface area contributed by atoms with Gasteiger partial charge in [0.05, 0.1) is 6.33 Å². The third kappa shape index (κ3) is 2.44. The fourth-order valence-corrected chi connectivity index (χ4v) is 2.91. The average Bonchev–Trinajstić information content (AvgIpc) is 2.95. The quantitative estimate of drug-likeness (QED) is 0.838. The third-order valence-corrected chi connectivity index (χ3v) is 4.36. The van der Waals surface area contributed by atoms with Crippen LogP contribution in [0.3, 0.4) is 0 Å². The summed E-state index contributed by atoms with van der Waals surface area (Å²) in [6, 6.07) is 0.0109. The first-order valence-corrected chi connectivity index (χ1v) is 7.05. The first kappa shape index (κ1) is 11.6. The number of hydrogen-bond donors (Lipinski definition) is 1. The molecule has 1 aromatic rings. The number of aromatic nitrogens is 2. The van der Waals surface area contributed by atoms with Gasteiger partial charge in [0.1, 0.15) is 0 Å². The van der Waals surface area contributed by atoms with Gasteiger partial charge in [-0.2, -0.15) is 0 Å². The molecule has 0 bridgehead atoms. The van der Waals surface area contributed by atoms with Crippen LogP contribution in [0.4, 0.5) is 0 Å². The van der Waals surface area contributed by atoms with E-state index in [0.29, 0.717) is 5.92 Å². The van der Waals surface area contributed by atoms with Crippen molar-refractivity contribution in [2.24, 2.45) is 5.92 Å². The van der Waals surface area contributed by atoms with Crippen LogP contribution in [0.15, 0.2) is 17.6 Å². The normalized spacial score (nSPS) is 18.6. The maximum Gasteiger partial charge on any atom is 0.259 e. The zero-order chi connectivity index (χ0) is 11.8. The van der Waals surface area contributed by atoms with Gasteiger partial charge in [0.15, 0.2) is 5.03 Å². The summed E-state index contributed by atoms with van der Waals surface area (Å²) in [5.74, 6) is 0.503. The van der Waals surface area contributed by atoms with Crippen LogP contribution in [-0.4, -0.2) is 24.0 Å². The van der Waals surface area contributed by atoms with Crippen molar-refractivity contribution in [1.29, 1.82) is 0 Å². The molecule has 0 aromatic carbocycles. The van der Waals surface area contributed by atoms with E-state index in [2.05, 4.69) is 9.71 Å². The van der Waals surface area contributed by atoms with Crippen LogP contribution in [0.25, 0.3) is 0 Å². The van der Waals surface area contributed by atoms with E-state index in [4.69, 9.17) is 0 Å². The van der Waals surface area contributed by atoms with Crippen molar-refractivity contribution in [1.82, 2.24) is 14.3 Å². The first-order valence-electron chi connectivity index (χ1n) is 5.57. The van der Waals surface area contributed by atoms with Crippen molar-refractivity contribution in [2.75, 3.05) is 0 Å². The lowest BCUT2D eigenvalue weighted by Gasteiger charge is -2.11. The summed E-state index contributed by atoms with van der Waals surface area (Å²) in [5, 5.41) is 0.113. The molecule has 1 unspecified atom stereocenters. The summed E-state index contributed by atoms with van der Waals surface area (Å²) in [4.78, 5) is 3.90. The predicted molar refractivity (Wildman–Crippen MR) is 60.4 cm³/mol. The lowest BCUT2D eigenvalue weighted by Crippen LogP contribution is -2.34. The Bertz CT molecular complexity index is 462. The maximum atomic E-state index is 11.9. The fourth-order valence-electron chi connectivity index (χ4n) is 1.65. The van der Waals surface area contributed by atoms with Gasteiger partial charge >= 0.3 is 0 Å². The van der Waals surface area contributed by atoms with Crippen LogP contribution in [0.5, 0.6) is 0 Å². The van der Waals surface area contributed by atoms with E-state index in [-0.39, 0.29) is 11.1 Å². The number of aryl methyl sites for hydroxylation is 1. The van der Waals surface area contributed by atoms with E-state index < -0.39 is 10.0 Å². The van der Waals surface area contributed by atoms with E-state index in [0.717, 1.165) is 19.4 Å². The van der Waals surface area contributed by atoms with Gasteiger partial charge in [-0.05, 0) is 32.6 Å². The van der Waals surface area contributed by atoms with Gasteiger partial charge < -0.3 is 4.57 Å². The van der Waals surface area contributed by atoms with Crippen LogP contribution in [-0.2, 0) is 16.6 Å². The summed E-state index contributed by atoms with van der Waals surface area (Å²) >= 11 is 0. The van der Waals surface area contributed by atoms with E-state index in [1.54, 1.807) is 10.8 Å². The molecule has 0 radical (unpaired) electrons. The summed E-state index contributed by atoms with van der Waals surface area (Å²) in [6.07, 6.45) is 5.33. The van der Waals surface area contributed by atoms with Crippen LogP contribution in [0.2, 0.25) is 0 Å². The zero-order valence-electron chi connectivity index (χ0n) is 9.55. The molecule has 1 aliphatic rings. The van der Waals surface area contributed by atoms with Crippen LogP contribution >= 0.6 is 0 Å². The predicted octanol–water partition coefficient (Wildman–Crippen LogP) is 0.980. The topological polar surface area (TPSA) is 64.0 Å². The van der Waals surface area contributed by atoms with Crippen LogP contribution in [0.1, 0.15) is 26.7 Å². The van der Waals surface area contributed by atoms with Gasteiger partial charge in [-0.15, -0.1) is 0 Å². The molecule has 1 atom stereocenters. The molecule has 0 amide bonds. The Balaban J connectivity index is 2.11. The van der Waals surface area contributed by atoms with Crippen molar-refractivity contribution in [2.45, 2.75) is 44.3 Å². The molecule has 1 N–H and O–H groups in total.